The lowest BCUT2D eigenvalue weighted by atomic mass is 10.1. The van der Waals surface area contributed by atoms with E-state index < -0.39 is 4.92 Å². The molecule has 1 N–H and O–H groups in total. The van der Waals surface area contributed by atoms with Gasteiger partial charge in [0.15, 0.2) is 17.3 Å². The van der Waals surface area contributed by atoms with E-state index in [0.29, 0.717) is 28.2 Å². The molecule has 0 fully saturated rings. The summed E-state index contributed by atoms with van der Waals surface area (Å²) in [5.74, 6) is 0.512. The van der Waals surface area contributed by atoms with E-state index in [1.165, 1.54) is 24.3 Å². The molecule has 4 rings (SSSR count). The van der Waals surface area contributed by atoms with Gasteiger partial charge in [-0.2, -0.15) is 0 Å². The molecule has 0 amide bonds. The van der Waals surface area contributed by atoms with E-state index in [1.54, 1.807) is 12.1 Å². The summed E-state index contributed by atoms with van der Waals surface area (Å²) in [7, 11) is 0. The third-order valence-corrected chi connectivity index (χ3v) is 4.10. The van der Waals surface area contributed by atoms with Gasteiger partial charge in [-0.3, -0.25) is 14.9 Å². The summed E-state index contributed by atoms with van der Waals surface area (Å²) in [5.41, 5.74) is 1.44. The summed E-state index contributed by atoms with van der Waals surface area (Å²) >= 11 is 0. The summed E-state index contributed by atoms with van der Waals surface area (Å²) in [6, 6.07) is 7.52. The number of nitro benzene ring substituents is 1. The van der Waals surface area contributed by atoms with Crippen molar-refractivity contribution in [3.05, 3.63) is 62.7 Å². The summed E-state index contributed by atoms with van der Waals surface area (Å²) in [6.07, 6.45) is 1.70. The number of hydrogen-bond donors (Lipinski definition) is 1. The number of ether oxygens (including phenoxy) is 2. The predicted molar refractivity (Wildman–Crippen MR) is 83.3 cm³/mol. The van der Waals surface area contributed by atoms with Crippen LogP contribution in [0, 0.1) is 10.1 Å². The van der Waals surface area contributed by atoms with E-state index in [9.17, 15) is 20.0 Å². The van der Waals surface area contributed by atoms with Gasteiger partial charge < -0.3 is 14.6 Å². The molecular weight excluding hydrogens is 314 g/mol. The number of aromatic hydroxyl groups is 1. The number of carbonyl (C=O) groups excluding carboxylic acids is 1. The van der Waals surface area contributed by atoms with Crippen LogP contribution >= 0.6 is 0 Å². The van der Waals surface area contributed by atoms with Crippen LogP contribution in [0.4, 0.5) is 5.69 Å². The smallest absolute Gasteiger partial charge is 0.280 e. The molecule has 2 aromatic carbocycles. The molecule has 0 unspecified atom stereocenters. The van der Waals surface area contributed by atoms with Crippen LogP contribution in [0.2, 0.25) is 0 Å². The molecular formula is C17H11NO6. The highest BCUT2D eigenvalue weighted by atomic mass is 16.7. The lowest BCUT2D eigenvalue weighted by Crippen LogP contribution is -1.97. The largest absolute Gasteiger partial charge is 0.508 e. The normalized spacial score (nSPS) is 16.5. The first-order chi connectivity index (χ1) is 11.5. The van der Waals surface area contributed by atoms with Gasteiger partial charge in [0.05, 0.1) is 16.6 Å². The number of hydrogen-bond acceptors (Lipinski definition) is 6. The van der Waals surface area contributed by atoms with Crippen LogP contribution in [0.1, 0.15) is 21.5 Å². The van der Waals surface area contributed by atoms with Crippen LogP contribution in [0.5, 0.6) is 17.2 Å². The van der Waals surface area contributed by atoms with Crippen LogP contribution < -0.4 is 9.47 Å². The second-order valence-corrected chi connectivity index (χ2v) is 5.50. The van der Waals surface area contributed by atoms with Gasteiger partial charge in [0.1, 0.15) is 5.75 Å². The monoisotopic (exact) mass is 325 g/mol. The quantitative estimate of drug-likeness (QED) is 0.518. The van der Waals surface area contributed by atoms with Gasteiger partial charge in [0.2, 0.25) is 6.79 Å². The minimum absolute atomic E-state index is 0.00472. The minimum Gasteiger partial charge on any atom is -0.508 e. The number of nitrogens with zero attached hydrogens (tertiary/aromatic N) is 1. The Kier molecular flexibility index (Phi) is 3.02. The maximum atomic E-state index is 12.5. The Morgan fingerprint density at radius 1 is 1.21 bits per heavy atom. The van der Waals surface area contributed by atoms with E-state index in [4.69, 9.17) is 9.47 Å². The summed E-state index contributed by atoms with van der Waals surface area (Å²) in [5, 5.41) is 21.2. The lowest BCUT2D eigenvalue weighted by Gasteiger charge is -2.02. The first-order valence-electron chi connectivity index (χ1n) is 7.19. The number of nitro groups is 1. The third-order valence-electron chi connectivity index (χ3n) is 4.10. The predicted octanol–water partition coefficient (Wildman–Crippen LogP) is 2.85. The van der Waals surface area contributed by atoms with Crippen molar-refractivity contribution < 1.29 is 24.3 Å². The highest BCUT2D eigenvalue weighted by Crippen LogP contribution is 2.40. The van der Waals surface area contributed by atoms with Crippen molar-refractivity contribution in [2.24, 2.45) is 0 Å². The summed E-state index contributed by atoms with van der Waals surface area (Å²) in [4.78, 5) is 23.2. The molecule has 7 heteroatoms. The van der Waals surface area contributed by atoms with Crippen LogP contribution in [0.15, 0.2) is 35.9 Å². The maximum absolute atomic E-state index is 12.5. The summed E-state index contributed by atoms with van der Waals surface area (Å²) < 4.78 is 10.4. The van der Waals surface area contributed by atoms with Gasteiger partial charge in [-0.1, -0.05) is 12.1 Å². The van der Waals surface area contributed by atoms with Crippen molar-refractivity contribution >= 4 is 17.5 Å². The Bertz CT molecular complexity index is 931. The van der Waals surface area contributed by atoms with E-state index in [2.05, 4.69) is 0 Å². The molecule has 2 aromatic rings. The van der Waals surface area contributed by atoms with E-state index in [0.717, 1.165) is 0 Å². The number of phenolic OH excluding ortho intramolecular Hbond substituents is 1. The maximum Gasteiger partial charge on any atom is 0.280 e. The van der Waals surface area contributed by atoms with Crippen LogP contribution in [-0.2, 0) is 6.42 Å². The Morgan fingerprint density at radius 2 is 1.96 bits per heavy atom. The SMILES string of the molecule is O=C1C(=Cc2cc3c(cc2[N+](=O)[O-])OCO3)Cc2c(O)cccc21. The molecule has 0 bridgehead atoms. The molecule has 0 aromatic heterocycles. The number of Topliss-reactive ketones (excluding diaryl/α,β-unsaturated/α-hetero) is 1. The molecule has 1 heterocycles. The van der Waals surface area contributed by atoms with Gasteiger partial charge in [-0.05, 0) is 18.2 Å². The van der Waals surface area contributed by atoms with Crippen molar-refractivity contribution in [3.8, 4) is 17.2 Å². The van der Waals surface area contributed by atoms with E-state index >= 15 is 0 Å². The van der Waals surface area contributed by atoms with Crippen LogP contribution in [0.3, 0.4) is 0 Å². The zero-order valence-corrected chi connectivity index (χ0v) is 12.3. The van der Waals surface area contributed by atoms with Crippen molar-refractivity contribution in [1.29, 1.82) is 0 Å². The zero-order chi connectivity index (χ0) is 16.8. The highest BCUT2D eigenvalue weighted by Gasteiger charge is 2.29. The molecule has 0 saturated carbocycles. The Hall–Kier alpha value is -3.35. The average molecular weight is 325 g/mol. The van der Waals surface area contributed by atoms with Crippen molar-refractivity contribution in [2.45, 2.75) is 6.42 Å². The molecule has 0 saturated heterocycles. The van der Waals surface area contributed by atoms with E-state index in [-0.39, 0.29) is 36.0 Å². The molecule has 120 valence electrons. The highest BCUT2D eigenvalue weighted by molar-refractivity contribution is 6.16. The third kappa shape index (κ3) is 2.10. The first kappa shape index (κ1) is 14.3. The lowest BCUT2D eigenvalue weighted by molar-refractivity contribution is -0.385. The first-order valence-corrected chi connectivity index (χ1v) is 7.19. The van der Waals surface area contributed by atoms with Gasteiger partial charge in [-0.25, -0.2) is 0 Å². The number of fused-ring (bicyclic) bond motifs is 2. The van der Waals surface area contributed by atoms with Gasteiger partial charge in [-0.15, -0.1) is 0 Å². The molecule has 0 spiro atoms. The Morgan fingerprint density at radius 3 is 2.67 bits per heavy atom. The minimum atomic E-state index is -0.529. The van der Waals surface area contributed by atoms with Crippen LogP contribution in [0.25, 0.3) is 6.08 Å². The molecule has 1 aliphatic carbocycles. The Labute approximate surface area is 135 Å². The number of phenols is 1. The second kappa shape index (κ2) is 5.09. The molecule has 0 radical (unpaired) electrons. The number of allylic oxidation sites excluding steroid dienone is 1. The number of ketones is 1. The van der Waals surface area contributed by atoms with Gasteiger partial charge in [0.25, 0.3) is 5.69 Å². The molecule has 24 heavy (non-hydrogen) atoms. The Balaban J connectivity index is 1.81. The van der Waals surface area contributed by atoms with Gasteiger partial charge in [0, 0.05) is 23.1 Å². The van der Waals surface area contributed by atoms with Crippen molar-refractivity contribution in [3.63, 3.8) is 0 Å². The van der Waals surface area contributed by atoms with Crippen molar-refractivity contribution in [1.82, 2.24) is 0 Å². The summed E-state index contributed by atoms with van der Waals surface area (Å²) in [6.45, 7) is 0.00472. The molecule has 1 aliphatic heterocycles. The molecule has 2 aliphatic rings. The second-order valence-electron chi connectivity index (χ2n) is 5.50. The van der Waals surface area contributed by atoms with Crippen molar-refractivity contribution in [2.75, 3.05) is 6.79 Å². The molecule has 0 atom stereocenters. The standard InChI is InChI=1S/C17H11NO6/c19-14-3-1-2-11-12(14)5-10(17(11)20)4-9-6-15-16(24-8-23-15)7-13(9)18(21)22/h1-4,6-7,19H,5,8H2. The number of benzene rings is 2. The fourth-order valence-electron chi connectivity index (χ4n) is 2.94. The average Bonchev–Trinajstić information content (AvgIpc) is 3.13. The zero-order valence-electron chi connectivity index (χ0n) is 12.3. The fourth-order valence-corrected chi connectivity index (χ4v) is 2.94. The number of rotatable bonds is 2. The van der Waals surface area contributed by atoms with E-state index in [1.807, 2.05) is 0 Å². The number of carbonyl (C=O) groups is 1. The fraction of sp³-hybridized carbons (Fsp3) is 0.118. The topological polar surface area (TPSA) is 98.9 Å². The molecule has 7 nitrogen and oxygen atoms in total. The van der Waals surface area contributed by atoms with Crippen LogP contribution in [-0.4, -0.2) is 22.6 Å². The van der Waals surface area contributed by atoms with Gasteiger partial charge >= 0.3 is 0 Å².